The number of likely N-dealkylation sites (tertiary alicyclic amines) is 1. The molecule has 1 amide bonds. The molecule has 2 unspecified atom stereocenters. The van der Waals surface area contributed by atoms with Crippen LogP contribution in [0.2, 0.25) is 0 Å². The van der Waals surface area contributed by atoms with Crippen molar-refractivity contribution in [3.8, 4) is 0 Å². The van der Waals surface area contributed by atoms with Gasteiger partial charge < -0.3 is 9.64 Å². The number of ether oxygens (including phenoxy) is 1. The molecule has 0 spiro atoms. The van der Waals surface area contributed by atoms with E-state index in [1.54, 1.807) is 0 Å². The smallest absolute Gasteiger partial charge is 0.225 e. The molecule has 0 aromatic rings. The molecule has 20 heavy (non-hydrogen) atoms. The van der Waals surface area contributed by atoms with Crippen LogP contribution < -0.4 is 0 Å². The minimum absolute atomic E-state index is 0.0980. The molecule has 0 aromatic carbocycles. The van der Waals surface area contributed by atoms with E-state index in [-0.39, 0.29) is 23.5 Å². The van der Waals surface area contributed by atoms with E-state index in [2.05, 4.69) is 6.92 Å². The third kappa shape index (κ3) is 2.84. The molecule has 3 fully saturated rings. The van der Waals surface area contributed by atoms with Gasteiger partial charge in [0.25, 0.3) is 0 Å². The second-order valence-corrected chi connectivity index (χ2v) is 8.23. The summed E-state index contributed by atoms with van der Waals surface area (Å²) in [6, 6.07) is 0. The Morgan fingerprint density at radius 2 is 1.85 bits per heavy atom. The van der Waals surface area contributed by atoms with Gasteiger partial charge in [0, 0.05) is 38.0 Å². The van der Waals surface area contributed by atoms with Crippen LogP contribution in [0, 0.1) is 17.8 Å². The third-order valence-corrected chi connectivity index (χ3v) is 6.55. The fraction of sp³-hybridized carbons (Fsp3) is 0.923. The lowest BCUT2D eigenvalue weighted by molar-refractivity contribution is -0.138. The maximum Gasteiger partial charge on any atom is 0.225 e. The zero-order chi connectivity index (χ0) is 14.3. The van der Waals surface area contributed by atoms with Gasteiger partial charge in [0.2, 0.25) is 15.9 Å². The zero-order valence-electron chi connectivity index (χ0n) is 11.8. The molecule has 2 heterocycles. The lowest BCUT2D eigenvalue weighted by atomic mass is 10.0. The molecule has 1 aliphatic carbocycles. The van der Waals surface area contributed by atoms with E-state index in [0.717, 1.165) is 6.42 Å². The van der Waals surface area contributed by atoms with Gasteiger partial charge in [-0.3, -0.25) is 4.79 Å². The van der Waals surface area contributed by atoms with Crippen molar-refractivity contribution in [2.75, 3.05) is 45.1 Å². The van der Waals surface area contributed by atoms with Gasteiger partial charge >= 0.3 is 0 Å². The van der Waals surface area contributed by atoms with Gasteiger partial charge in [0.05, 0.1) is 19.0 Å². The minimum atomic E-state index is -3.19. The summed E-state index contributed by atoms with van der Waals surface area (Å²) in [6.45, 7) is 5.16. The highest BCUT2D eigenvalue weighted by Gasteiger charge is 2.45. The zero-order valence-corrected chi connectivity index (χ0v) is 12.6. The summed E-state index contributed by atoms with van der Waals surface area (Å²) in [5.41, 5.74) is 0. The number of carbonyl (C=O) groups excluding carboxylic acids is 1. The summed E-state index contributed by atoms with van der Waals surface area (Å²) in [5.74, 6) is 1.19. The summed E-state index contributed by atoms with van der Waals surface area (Å²) in [5, 5.41) is 0. The first-order valence-electron chi connectivity index (χ1n) is 7.32. The van der Waals surface area contributed by atoms with Crippen molar-refractivity contribution in [3.63, 3.8) is 0 Å². The van der Waals surface area contributed by atoms with Crippen molar-refractivity contribution in [1.82, 2.24) is 9.21 Å². The van der Waals surface area contributed by atoms with Crippen molar-refractivity contribution in [1.29, 1.82) is 0 Å². The van der Waals surface area contributed by atoms with Gasteiger partial charge in [0.1, 0.15) is 0 Å². The van der Waals surface area contributed by atoms with E-state index < -0.39 is 10.0 Å². The van der Waals surface area contributed by atoms with E-state index in [1.165, 1.54) is 4.31 Å². The summed E-state index contributed by atoms with van der Waals surface area (Å²) in [7, 11) is -3.19. The van der Waals surface area contributed by atoms with Crippen molar-refractivity contribution in [2.24, 2.45) is 17.8 Å². The number of hydrogen-bond acceptors (Lipinski definition) is 4. The summed E-state index contributed by atoms with van der Waals surface area (Å²) in [4.78, 5) is 13.8. The number of carbonyl (C=O) groups is 1. The molecule has 114 valence electrons. The normalized spacial score (nSPS) is 31.9. The predicted molar refractivity (Wildman–Crippen MR) is 73.5 cm³/mol. The average Bonchev–Trinajstić information content (AvgIpc) is 3.11. The molecule has 7 heteroatoms. The molecule has 0 bridgehead atoms. The molecular formula is C13H22N2O4S. The first kappa shape index (κ1) is 14.3. The number of nitrogens with zero attached hydrogens (tertiary/aromatic N) is 2. The first-order valence-corrected chi connectivity index (χ1v) is 8.92. The number of sulfonamides is 1. The highest BCUT2D eigenvalue weighted by atomic mass is 32.2. The van der Waals surface area contributed by atoms with Crippen LogP contribution >= 0.6 is 0 Å². The lowest BCUT2D eigenvalue weighted by Gasteiger charge is -2.40. The van der Waals surface area contributed by atoms with Gasteiger partial charge in [-0.05, 0) is 12.3 Å². The molecular weight excluding hydrogens is 280 g/mol. The van der Waals surface area contributed by atoms with E-state index in [4.69, 9.17) is 4.74 Å². The van der Waals surface area contributed by atoms with E-state index in [9.17, 15) is 13.2 Å². The standard InChI is InChI=1S/C13H22N2O4S/c1-10-6-12(10)13(16)14-7-11(8-14)9-20(17,18)15-2-4-19-5-3-15/h10-12H,2-9H2,1H3. The Bertz CT molecular complexity index is 481. The highest BCUT2D eigenvalue weighted by Crippen LogP contribution is 2.40. The van der Waals surface area contributed by atoms with Gasteiger partial charge in [-0.2, -0.15) is 4.31 Å². The molecule has 2 aliphatic heterocycles. The topological polar surface area (TPSA) is 66.9 Å². The van der Waals surface area contributed by atoms with Crippen LogP contribution in [0.4, 0.5) is 0 Å². The Hall–Kier alpha value is -0.660. The second-order valence-electron chi connectivity index (χ2n) is 6.22. The van der Waals surface area contributed by atoms with E-state index in [0.29, 0.717) is 45.3 Å². The summed E-state index contributed by atoms with van der Waals surface area (Å²) >= 11 is 0. The fourth-order valence-corrected chi connectivity index (χ4v) is 4.71. The van der Waals surface area contributed by atoms with Gasteiger partial charge in [0.15, 0.2) is 0 Å². The highest BCUT2D eigenvalue weighted by molar-refractivity contribution is 7.89. The Labute approximate surface area is 120 Å². The third-order valence-electron chi connectivity index (χ3n) is 4.51. The first-order chi connectivity index (χ1) is 9.47. The molecule has 3 rings (SSSR count). The van der Waals surface area contributed by atoms with Gasteiger partial charge in [-0.1, -0.05) is 6.92 Å². The van der Waals surface area contributed by atoms with Gasteiger partial charge in [-0.25, -0.2) is 8.42 Å². The van der Waals surface area contributed by atoms with E-state index in [1.807, 2.05) is 4.90 Å². The van der Waals surface area contributed by atoms with Crippen molar-refractivity contribution in [2.45, 2.75) is 13.3 Å². The molecule has 1 saturated carbocycles. The maximum absolute atomic E-state index is 12.2. The predicted octanol–water partition coefficient (Wildman–Crippen LogP) is -0.237. The lowest BCUT2D eigenvalue weighted by Crippen LogP contribution is -2.54. The van der Waals surface area contributed by atoms with Crippen LogP contribution in [0.3, 0.4) is 0 Å². The minimum Gasteiger partial charge on any atom is -0.379 e. The fourth-order valence-electron chi connectivity index (χ4n) is 2.98. The second kappa shape index (κ2) is 5.27. The Balaban J connectivity index is 1.47. The maximum atomic E-state index is 12.2. The van der Waals surface area contributed by atoms with Crippen LogP contribution in [0.5, 0.6) is 0 Å². The molecule has 0 radical (unpaired) electrons. The molecule has 6 nitrogen and oxygen atoms in total. The van der Waals surface area contributed by atoms with Crippen LogP contribution in [-0.2, 0) is 19.6 Å². The molecule has 2 atom stereocenters. The van der Waals surface area contributed by atoms with Gasteiger partial charge in [-0.15, -0.1) is 0 Å². The van der Waals surface area contributed by atoms with Crippen LogP contribution in [0.25, 0.3) is 0 Å². The molecule has 3 aliphatic rings. The Kier molecular flexibility index (Phi) is 3.77. The molecule has 0 N–H and O–H groups in total. The van der Waals surface area contributed by atoms with Crippen LogP contribution in [-0.4, -0.2) is 68.7 Å². The van der Waals surface area contributed by atoms with Crippen LogP contribution in [0.1, 0.15) is 13.3 Å². The summed E-state index contributed by atoms with van der Waals surface area (Å²) < 4.78 is 31.2. The molecule has 0 aromatic heterocycles. The number of hydrogen-bond donors (Lipinski definition) is 0. The summed E-state index contributed by atoms with van der Waals surface area (Å²) in [6.07, 6.45) is 0.992. The average molecular weight is 302 g/mol. The largest absolute Gasteiger partial charge is 0.379 e. The quantitative estimate of drug-likeness (QED) is 0.719. The SMILES string of the molecule is CC1CC1C(=O)N1CC(CS(=O)(=O)N2CCOCC2)C1. The van der Waals surface area contributed by atoms with Crippen molar-refractivity contribution < 1.29 is 17.9 Å². The van der Waals surface area contributed by atoms with Crippen LogP contribution in [0.15, 0.2) is 0 Å². The Morgan fingerprint density at radius 1 is 1.25 bits per heavy atom. The number of amides is 1. The van der Waals surface area contributed by atoms with Crippen molar-refractivity contribution >= 4 is 15.9 Å². The Morgan fingerprint density at radius 3 is 2.40 bits per heavy atom. The monoisotopic (exact) mass is 302 g/mol. The number of rotatable bonds is 4. The van der Waals surface area contributed by atoms with Crippen molar-refractivity contribution in [3.05, 3.63) is 0 Å². The molecule has 2 saturated heterocycles. The number of morpholine rings is 1. The van der Waals surface area contributed by atoms with E-state index >= 15 is 0 Å².